The van der Waals surface area contributed by atoms with E-state index in [1.807, 2.05) is 19.2 Å². The smallest absolute Gasteiger partial charge is 0.191 e. The van der Waals surface area contributed by atoms with Crippen LogP contribution in [0.5, 0.6) is 0 Å². The van der Waals surface area contributed by atoms with E-state index >= 15 is 0 Å². The highest BCUT2D eigenvalue weighted by Gasteiger charge is 2.23. The number of halogens is 1. The van der Waals surface area contributed by atoms with Crippen LogP contribution < -0.4 is 10.6 Å². The number of nitrogens with zero attached hydrogens (tertiary/aromatic N) is 2. The molecule has 1 saturated heterocycles. The first-order valence-corrected chi connectivity index (χ1v) is 9.49. The molecule has 1 aromatic carbocycles. The predicted octanol–water partition coefficient (Wildman–Crippen LogP) is 2.92. The highest BCUT2D eigenvalue weighted by atomic mass is 35.5. The third-order valence-corrected chi connectivity index (χ3v) is 4.66. The number of ether oxygens (including phenoxy) is 1. The summed E-state index contributed by atoms with van der Waals surface area (Å²) in [7, 11) is 1.81. The quantitative estimate of drug-likeness (QED) is 0.575. The number of morpholine rings is 1. The number of aliphatic imine (C=N–C) groups is 1. The number of benzene rings is 1. The molecule has 2 rings (SSSR count). The molecule has 1 atom stereocenters. The topological polar surface area (TPSA) is 48.9 Å². The predicted molar refractivity (Wildman–Crippen MR) is 105 cm³/mol. The number of guanidine groups is 1. The second-order valence-electron chi connectivity index (χ2n) is 6.78. The fourth-order valence-electron chi connectivity index (χ4n) is 2.95. The van der Waals surface area contributed by atoms with Gasteiger partial charge < -0.3 is 15.4 Å². The summed E-state index contributed by atoms with van der Waals surface area (Å²) in [6, 6.07) is 8.37. The molecule has 0 amide bonds. The molecular formula is C19H31ClN4O. The number of rotatable bonds is 7. The molecule has 1 aliphatic rings. The number of hydrogen-bond acceptors (Lipinski definition) is 3. The van der Waals surface area contributed by atoms with Gasteiger partial charge in [-0.1, -0.05) is 37.6 Å². The average Bonchev–Trinajstić information content (AvgIpc) is 2.61. The van der Waals surface area contributed by atoms with Crippen molar-refractivity contribution in [3.8, 4) is 0 Å². The van der Waals surface area contributed by atoms with E-state index in [4.69, 9.17) is 16.3 Å². The first-order valence-electron chi connectivity index (χ1n) is 9.12. The van der Waals surface area contributed by atoms with Gasteiger partial charge in [0.1, 0.15) is 0 Å². The van der Waals surface area contributed by atoms with Gasteiger partial charge in [-0.3, -0.25) is 9.89 Å². The largest absolute Gasteiger partial charge is 0.379 e. The van der Waals surface area contributed by atoms with Gasteiger partial charge in [0.2, 0.25) is 0 Å². The SMILES string of the molecule is CN=C(NCCC(C)C)NCC(c1cccc(Cl)c1)N1CCOCC1. The van der Waals surface area contributed by atoms with Crippen LogP contribution in [0.25, 0.3) is 0 Å². The zero-order valence-corrected chi connectivity index (χ0v) is 16.4. The summed E-state index contributed by atoms with van der Waals surface area (Å²) >= 11 is 6.22. The van der Waals surface area contributed by atoms with Crippen molar-refractivity contribution in [1.29, 1.82) is 0 Å². The lowest BCUT2D eigenvalue weighted by molar-refractivity contribution is 0.0170. The molecular weight excluding hydrogens is 336 g/mol. The standard InChI is InChI=1S/C19H31ClN4O/c1-15(2)7-8-22-19(21-3)23-14-18(24-9-11-25-12-10-24)16-5-4-6-17(20)13-16/h4-6,13,15,18H,7-12,14H2,1-3H3,(H2,21,22,23). The van der Waals surface area contributed by atoms with Gasteiger partial charge in [-0.25, -0.2) is 0 Å². The third kappa shape index (κ3) is 6.84. The molecule has 1 unspecified atom stereocenters. The van der Waals surface area contributed by atoms with Crippen LogP contribution in [-0.4, -0.2) is 57.3 Å². The van der Waals surface area contributed by atoms with Crippen molar-refractivity contribution in [2.24, 2.45) is 10.9 Å². The van der Waals surface area contributed by atoms with Crippen molar-refractivity contribution < 1.29 is 4.74 Å². The summed E-state index contributed by atoms with van der Waals surface area (Å²) in [4.78, 5) is 6.79. The van der Waals surface area contributed by atoms with E-state index in [-0.39, 0.29) is 6.04 Å². The molecule has 1 fully saturated rings. The van der Waals surface area contributed by atoms with E-state index in [1.165, 1.54) is 5.56 Å². The first kappa shape index (κ1) is 20.0. The van der Waals surface area contributed by atoms with E-state index in [9.17, 15) is 0 Å². The Hall–Kier alpha value is -1.30. The maximum atomic E-state index is 6.22. The Balaban J connectivity index is 2.00. The summed E-state index contributed by atoms with van der Waals surface area (Å²) in [5, 5.41) is 7.64. The van der Waals surface area contributed by atoms with Crippen molar-refractivity contribution >= 4 is 17.6 Å². The molecule has 6 heteroatoms. The van der Waals surface area contributed by atoms with Gasteiger partial charge in [0.15, 0.2) is 5.96 Å². The van der Waals surface area contributed by atoms with E-state index in [2.05, 4.69) is 46.5 Å². The molecule has 25 heavy (non-hydrogen) atoms. The van der Waals surface area contributed by atoms with Gasteiger partial charge >= 0.3 is 0 Å². The molecule has 140 valence electrons. The summed E-state index contributed by atoms with van der Waals surface area (Å²) in [6.07, 6.45) is 1.13. The number of nitrogens with one attached hydrogen (secondary N) is 2. The fraction of sp³-hybridized carbons (Fsp3) is 0.632. The van der Waals surface area contributed by atoms with Crippen LogP contribution in [0.1, 0.15) is 31.9 Å². The molecule has 1 aliphatic heterocycles. The second kappa shape index (κ2) is 10.6. The molecule has 0 aliphatic carbocycles. The average molecular weight is 367 g/mol. The zero-order chi connectivity index (χ0) is 18.1. The highest BCUT2D eigenvalue weighted by molar-refractivity contribution is 6.30. The van der Waals surface area contributed by atoms with Crippen molar-refractivity contribution in [3.63, 3.8) is 0 Å². The summed E-state index contributed by atoms with van der Waals surface area (Å²) in [5.41, 5.74) is 1.22. The van der Waals surface area contributed by atoms with E-state index in [0.29, 0.717) is 5.92 Å². The van der Waals surface area contributed by atoms with Gasteiger partial charge in [0, 0.05) is 38.2 Å². The minimum Gasteiger partial charge on any atom is -0.379 e. The lowest BCUT2D eigenvalue weighted by atomic mass is 10.0. The van der Waals surface area contributed by atoms with Crippen molar-refractivity contribution in [2.75, 3.05) is 46.4 Å². The monoisotopic (exact) mass is 366 g/mol. The molecule has 2 N–H and O–H groups in total. The molecule has 0 radical (unpaired) electrons. The molecule has 5 nitrogen and oxygen atoms in total. The lowest BCUT2D eigenvalue weighted by Crippen LogP contribution is -2.46. The second-order valence-corrected chi connectivity index (χ2v) is 7.22. The van der Waals surface area contributed by atoms with Crippen molar-refractivity contribution in [1.82, 2.24) is 15.5 Å². The molecule has 0 bridgehead atoms. The van der Waals surface area contributed by atoms with Crippen LogP contribution in [0.15, 0.2) is 29.3 Å². The van der Waals surface area contributed by atoms with Crippen LogP contribution in [-0.2, 0) is 4.74 Å². The Bertz CT molecular complexity index is 544. The van der Waals surface area contributed by atoms with Gasteiger partial charge in [-0.2, -0.15) is 0 Å². The Morgan fingerprint density at radius 3 is 2.68 bits per heavy atom. The summed E-state index contributed by atoms with van der Waals surface area (Å²) < 4.78 is 5.51. The van der Waals surface area contributed by atoms with Crippen LogP contribution >= 0.6 is 11.6 Å². The highest BCUT2D eigenvalue weighted by Crippen LogP contribution is 2.23. The van der Waals surface area contributed by atoms with Crippen molar-refractivity contribution in [3.05, 3.63) is 34.9 Å². The van der Waals surface area contributed by atoms with Crippen molar-refractivity contribution in [2.45, 2.75) is 26.3 Å². The van der Waals surface area contributed by atoms with Crippen LogP contribution in [0.4, 0.5) is 0 Å². The molecule has 0 aromatic heterocycles. The van der Waals surface area contributed by atoms with Gasteiger partial charge in [0.05, 0.1) is 19.3 Å². The van der Waals surface area contributed by atoms with E-state index in [0.717, 1.165) is 56.8 Å². The third-order valence-electron chi connectivity index (χ3n) is 4.42. The molecule has 1 aromatic rings. The van der Waals surface area contributed by atoms with Gasteiger partial charge in [-0.15, -0.1) is 0 Å². The minimum absolute atomic E-state index is 0.242. The Labute approximate surface area is 156 Å². The van der Waals surface area contributed by atoms with E-state index in [1.54, 1.807) is 0 Å². The summed E-state index contributed by atoms with van der Waals surface area (Å²) in [6.45, 7) is 9.57. The van der Waals surface area contributed by atoms with Gasteiger partial charge in [0.25, 0.3) is 0 Å². The Morgan fingerprint density at radius 1 is 1.28 bits per heavy atom. The molecule has 0 spiro atoms. The van der Waals surface area contributed by atoms with Crippen LogP contribution in [0.2, 0.25) is 5.02 Å². The molecule has 0 saturated carbocycles. The molecule has 1 heterocycles. The Kier molecular flexibility index (Phi) is 8.52. The van der Waals surface area contributed by atoms with Crippen LogP contribution in [0.3, 0.4) is 0 Å². The fourth-order valence-corrected chi connectivity index (χ4v) is 3.15. The Morgan fingerprint density at radius 2 is 2.04 bits per heavy atom. The number of hydrogen-bond donors (Lipinski definition) is 2. The normalized spacial score (nSPS) is 17.6. The summed E-state index contributed by atoms with van der Waals surface area (Å²) in [5.74, 6) is 1.53. The maximum absolute atomic E-state index is 6.22. The van der Waals surface area contributed by atoms with Gasteiger partial charge in [-0.05, 0) is 30.0 Å². The van der Waals surface area contributed by atoms with Crippen LogP contribution in [0, 0.1) is 5.92 Å². The van der Waals surface area contributed by atoms with E-state index < -0.39 is 0 Å². The zero-order valence-electron chi connectivity index (χ0n) is 15.6. The maximum Gasteiger partial charge on any atom is 0.191 e. The lowest BCUT2D eigenvalue weighted by Gasteiger charge is -2.35. The first-order chi connectivity index (χ1) is 12.1. The minimum atomic E-state index is 0.242.